The molecule has 0 aliphatic heterocycles. The molecule has 0 spiro atoms. The summed E-state index contributed by atoms with van der Waals surface area (Å²) < 4.78 is 5.47. The van der Waals surface area contributed by atoms with Crippen molar-refractivity contribution in [2.45, 2.75) is 27.0 Å². The molecule has 0 saturated heterocycles. The van der Waals surface area contributed by atoms with Crippen molar-refractivity contribution in [1.82, 2.24) is 5.32 Å². The summed E-state index contributed by atoms with van der Waals surface area (Å²) in [5, 5.41) is 12.2. The summed E-state index contributed by atoms with van der Waals surface area (Å²) in [5.41, 5.74) is 2.18. The Morgan fingerprint density at radius 2 is 1.82 bits per heavy atom. The maximum Gasteiger partial charge on any atom is 0.0681 e. The molecule has 0 aliphatic rings. The lowest BCUT2D eigenvalue weighted by atomic mass is 10.1. The molecule has 3 heteroatoms. The van der Waals surface area contributed by atoms with Gasteiger partial charge in [0.25, 0.3) is 0 Å². The van der Waals surface area contributed by atoms with E-state index in [-0.39, 0.29) is 6.61 Å². The lowest BCUT2D eigenvalue weighted by Crippen LogP contribution is -2.20. The number of hydrogen-bond acceptors (Lipinski definition) is 3. The lowest BCUT2D eigenvalue weighted by molar-refractivity contribution is 0.111. The van der Waals surface area contributed by atoms with Crippen LogP contribution in [0.25, 0.3) is 0 Å². The molecule has 1 aromatic carbocycles. The molecule has 0 radical (unpaired) electrons. The van der Waals surface area contributed by atoms with Gasteiger partial charge in [0.2, 0.25) is 0 Å². The summed E-state index contributed by atoms with van der Waals surface area (Å²) in [7, 11) is 0. The molecule has 0 atom stereocenters. The van der Waals surface area contributed by atoms with Gasteiger partial charge in [0.1, 0.15) is 0 Å². The van der Waals surface area contributed by atoms with Crippen LogP contribution < -0.4 is 5.32 Å². The third-order valence-corrected chi connectivity index (χ3v) is 2.41. The molecule has 2 N–H and O–H groups in total. The molecule has 0 fully saturated rings. The standard InChI is InChI=1S/C14H23NO2/c1-12(2)11-17-8-7-15-9-13-3-5-14(10-16)6-4-13/h3-6,12,15-16H,7-11H2,1-2H3. The molecule has 0 heterocycles. The summed E-state index contributed by atoms with van der Waals surface area (Å²) in [6.07, 6.45) is 0. The molecule has 1 rings (SSSR count). The summed E-state index contributed by atoms with van der Waals surface area (Å²) in [6.45, 7) is 7.70. The van der Waals surface area contributed by atoms with Crippen molar-refractivity contribution in [3.05, 3.63) is 35.4 Å². The highest BCUT2D eigenvalue weighted by Gasteiger charge is 1.95. The molecular formula is C14H23NO2. The zero-order chi connectivity index (χ0) is 12.5. The first-order chi connectivity index (χ1) is 8.22. The van der Waals surface area contributed by atoms with Crippen LogP contribution in [0.15, 0.2) is 24.3 Å². The van der Waals surface area contributed by atoms with Crippen LogP contribution in [-0.2, 0) is 17.9 Å². The van der Waals surface area contributed by atoms with Crippen LogP contribution in [0.1, 0.15) is 25.0 Å². The second-order valence-corrected chi connectivity index (χ2v) is 4.62. The van der Waals surface area contributed by atoms with Crippen LogP contribution in [0.4, 0.5) is 0 Å². The van der Waals surface area contributed by atoms with E-state index in [2.05, 4.69) is 19.2 Å². The number of rotatable bonds is 8. The molecular weight excluding hydrogens is 214 g/mol. The highest BCUT2D eigenvalue weighted by atomic mass is 16.5. The van der Waals surface area contributed by atoms with Gasteiger partial charge in [-0.3, -0.25) is 0 Å². The van der Waals surface area contributed by atoms with Crippen molar-refractivity contribution in [1.29, 1.82) is 0 Å². The van der Waals surface area contributed by atoms with Crippen molar-refractivity contribution in [3.63, 3.8) is 0 Å². The summed E-state index contributed by atoms with van der Waals surface area (Å²) >= 11 is 0. The molecule has 0 aromatic heterocycles. The number of aliphatic hydroxyl groups excluding tert-OH is 1. The SMILES string of the molecule is CC(C)COCCNCc1ccc(CO)cc1. The number of benzene rings is 1. The van der Waals surface area contributed by atoms with Gasteiger partial charge in [0.15, 0.2) is 0 Å². The normalized spacial score (nSPS) is 11.1. The number of nitrogens with one attached hydrogen (secondary N) is 1. The average Bonchev–Trinajstić information content (AvgIpc) is 2.34. The van der Waals surface area contributed by atoms with Gasteiger partial charge in [-0.25, -0.2) is 0 Å². The quantitative estimate of drug-likeness (QED) is 0.679. The minimum Gasteiger partial charge on any atom is -0.392 e. The Labute approximate surface area is 104 Å². The first kappa shape index (κ1) is 14.2. The minimum absolute atomic E-state index is 0.108. The number of hydrogen-bond donors (Lipinski definition) is 2. The second kappa shape index (κ2) is 8.23. The van der Waals surface area contributed by atoms with Gasteiger partial charge in [-0.2, -0.15) is 0 Å². The molecule has 1 aromatic rings. The molecule has 0 aliphatic carbocycles. The smallest absolute Gasteiger partial charge is 0.0681 e. The summed E-state index contributed by atoms with van der Waals surface area (Å²) in [5.74, 6) is 0.598. The van der Waals surface area contributed by atoms with Gasteiger partial charge >= 0.3 is 0 Å². The minimum atomic E-state index is 0.108. The molecule has 17 heavy (non-hydrogen) atoms. The Bertz CT molecular complexity index is 296. The maximum absolute atomic E-state index is 8.91. The van der Waals surface area contributed by atoms with Gasteiger partial charge < -0.3 is 15.2 Å². The van der Waals surface area contributed by atoms with Crippen molar-refractivity contribution in [2.24, 2.45) is 5.92 Å². The predicted octanol–water partition coefficient (Wildman–Crippen LogP) is 1.94. The molecule has 0 unspecified atom stereocenters. The van der Waals surface area contributed by atoms with Crippen LogP contribution in [-0.4, -0.2) is 24.9 Å². The fourth-order valence-corrected chi connectivity index (χ4v) is 1.46. The van der Waals surface area contributed by atoms with Crippen molar-refractivity contribution in [2.75, 3.05) is 19.8 Å². The first-order valence-electron chi connectivity index (χ1n) is 6.19. The third-order valence-electron chi connectivity index (χ3n) is 2.41. The van der Waals surface area contributed by atoms with E-state index in [0.29, 0.717) is 5.92 Å². The summed E-state index contributed by atoms with van der Waals surface area (Å²) in [6, 6.07) is 7.97. The topological polar surface area (TPSA) is 41.5 Å². The van der Waals surface area contributed by atoms with E-state index in [1.165, 1.54) is 5.56 Å². The molecule has 0 amide bonds. The predicted molar refractivity (Wildman–Crippen MR) is 69.7 cm³/mol. The van der Waals surface area contributed by atoms with E-state index in [0.717, 1.165) is 31.9 Å². The number of ether oxygens (including phenoxy) is 1. The Balaban J connectivity index is 2.09. The van der Waals surface area contributed by atoms with E-state index < -0.39 is 0 Å². The Kier molecular flexibility index (Phi) is 6.86. The highest BCUT2D eigenvalue weighted by molar-refractivity contribution is 5.21. The average molecular weight is 237 g/mol. The van der Waals surface area contributed by atoms with Crippen molar-refractivity contribution >= 4 is 0 Å². The Morgan fingerprint density at radius 1 is 1.18 bits per heavy atom. The van der Waals surface area contributed by atoms with Crippen LogP contribution in [0.3, 0.4) is 0 Å². The maximum atomic E-state index is 8.91. The highest BCUT2D eigenvalue weighted by Crippen LogP contribution is 2.03. The van der Waals surface area contributed by atoms with E-state index in [1.54, 1.807) is 0 Å². The Morgan fingerprint density at radius 3 is 2.41 bits per heavy atom. The van der Waals surface area contributed by atoms with Crippen LogP contribution in [0, 0.1) is 5.92 Å². The first-order valence-corrected chi connectivity index (χ1v) is 6.19. The lowest BCUT2D eigenvalue weighted by Gasteiger charge is -2.08. The zero-order valence-corrected chi connectivity index (χ0v) is 10.8. The molecule has 3 nitrogen and oxygen atoms in total. The van der Waals surface area contributed by atoms with E-state index >= 15 is 0 Å². The summed E-state index contributed by atoms with van der Waals surface area (Å²) in [4.78, 5) is 0. The third kappa shape index (κ3) is 6.41. The largest absolute Gasteiger partial charge is 0.392 e. The van der Waals surface area contributed by atoms with Gasteiger partial charge in [-0.15, -0.1) is 0 Å². The van der Waals surface area contributed by atoms with Gasteiger partial charge in [-0.05, 0) is 17.0 Å². The molecule has 0 bridgehead atoms. The van der Waals surface area contributed by atoms with Gasteiger partial charge in [-0.1, -0.05) is 38.1 Å². The zero-order valence-electron chi connectivity index (χ0n) is 10.8. The van der Waals surface area contributed by atoms with Crippen LogP contribution in [0.2, 0.25) is 0 Å². The number of aliphatic hydroxyl groups is 1. The van der Waals surface area contributed by atoms with Gasteiger partial charge in [0, 0.05) is 19.7 Å². The fraction of sp³-hybridized carbons (Fsp3) is 0.571. The van der Waals surface area contributed by atoms with E-state index in [1.807, 2.05) is 24.3 Å². The monoisotopic (exact) mass is 237 g/mol. The second-order valence-electron chi connectivity index (χ2n) is 4.62. The van der Waals surface area contributed by atoms with E-state index in [9.17, 15) is 0 Å². The van der Waals surface area contributed by atoms with Crippen LogP contribution >= 0.6 is 0 Å². The van der Waals surface area contributed by atoms with E-state index in [4.69, 9.17) is 9.84 Å². The van der Waals surface area contributed by atoms with Crippen molar-refractivity contribution < 1.29 is 9.84 Å². The molecule has 0 saturated carbocycles. The van der Waals surface area contributed by atoms with Crippen molar-refractivity contribution in [3.8, 4) is 0 Å². The Hall–Kier alpha value is -0.900. The van der Waals surface area contributed by atoms with Gasteiger partial charge in [0.05, 0.1) is 13.2 Å². The fourth-order valence-electron chi connectivity index (χ4n) is 1.46. The van der Waals surface area contributed by atoms with Crippen LogP contribution in [0.5, 0.6) is 0 Å². The molecule has 96 valence electrons.